The topological polar surface area (TPSA) is 54.4 Å². The molecule has 0 aliphatic carbocycles. The molecule has 0 spiro atoms. The molecule has 0 heterocycles. The van der Waals surface area contributed by atoms with Gasteiger partial charge in [-0.25, -0.2) is 4.79 Å². The molecule has 3 heteroatoms. The standard InChI is InChI=1S/C21H24O3/c1-2-3-4-5-6-8-16-11-13-17(14-12-16)20(22)18-9-7-10-19(15-18)21(23)24/h7,9-15H,2-6,8H2,1H3,(H,23,24). The Hall–Kier alpha value is -2.42. The molecule has 0 fully saturated rings. The van der Waals surface area contributed by atoms with E-state index < -0.39 is 5.97 Å². The predicted octanol–water partition coefficient (Wildman–Crippen LogP) is 5.13. The van der Waals surface area contributed by atoms with Crippen LogP contribution >= 0.6 is 0 Å². The number of benzene rings is 2. The van der Waals surface area contributed by atoms with E-state index >= 15 is 0 Å². The maximum Gasteiger partial charge on any atom is 0.335 e. The number of aryl methyl sites for hydroxylation is 1. The molecule has 0 bridgehead atoms. The van der Waals surface area contributed by atoms with Crippen LogP contribution in [-0.2, 0) is 6.42 Å². The molecule has 126 valence electrons. The number of unbranched alkanes of at least 4 members (excludes halogenated alkanes) is 4. The number of hydrogen-bond acceptors (Lipinski definition) is 2. The Balaban J connectivity index is 1.98. The summed E-state index contributed by atoms with van der Waals surface area (Å²) in [6.45, 7) is 2.21. The molecule has 0 unspecified atom stereocenters. The van der Waals surface area contributed by atoms with Gasteiger partial charge in [0.1, 0.15) is 0 Å². The number of ketones is 1. The van der Waals surface area contributed by atoms with E-state index in [1.807, 2.05) is 24.3 Å². The molecule has 24 heavy (non-hydrogen) atoms. The number of carbonyl (C=O) groups excluding carboxylic acids is 1. The molecule has 0 atom stereocenters. The number of hydrogen-bond donors (Lipinski definition) is 1. The summed E-state index contributed by atoms with van der Waals surface area (Å²) < 4.78 is 0. The molecule has 3 nitrogen and oxygen atoms in total. The Labute approximate surface area is 143 Å². The highest BCUT2D eigenvalue weighted by molar-refractivity contribution is 6.09. The van der Waals surface area contributed by atoms with E-state index in [4.69, 9.17) is 5.11 Å². The third-order valence-corrected chi connectivity index (χ3v) is 4.16. The summed E-state index contributed by atoms with van der Waals surface area (Å²) in [5.74, 6) is -1.17. The maximum absolute atomic E-state index is 12.5. The van der Waals surface area contributed by atoms with Crippen LogP contribution in [0.3, 0.4) is 0 Å². The minimum atomic E-state index is -1.02. The van der Waals surface area contributed by atoms with E-state index in [9.17, 15) is 9.59 Å². The lowest BCUT2D eigenvalue weighted by Gasteiger charge is -2.05. The normalized spacial score (nSPS) is 10.5. The van der Waals surface area contributed by atoms with Gasteiger partial charge in [0.05, 0.1) is 5.56 Å². The fraction of sp³-hybridized carbons (Fsp3) is 0.333. The lowest BCUT2D eigenvalue weighted by molar-refractivity contribution is 0.0697. The van der Waals surface area contributed by atoms with Gasteiger partial charge in [0.2, 0.25) is 0 Å². The summed E-state index contributed by atoms with van der Waals surface area (Å²) in [4.78, 5) is 23.5. The Bertz CT molecular complexity index is 686. The van der Waals surface area contributed by atoms with Crippen molar-refractivity contribution in [3.8, 4) is 0 Å². The first-order valence-corrected chi connectivity index (χ1v) is 8.59. The highest BCUT2D eigenvalue weighted by Crippen LogP contribution is 2.15. The summed E-state index contributed by atoms with van der Waals surface area (Å²) in [6, 6.07) is 13.8. The molecule has 2 aromatic rings. The number of rotatable bonds is 9. The molecule has 0 saturated carbocycles. The average molecular weight is 324 g/mol. The van der Waals surface area contributed by atoms with Gasteiger partial charge in [0.25, 0.3) is 0 Å². The van der Waals surface area contributed by atoms with Gasteiger partial charge in [-0.15, -0.1) is 0 Å². The van der Waals surface area contributed by atoms with Crippen molar-refractivity contribution in [2.24, 2.45) is 0 Å². The van der Waals surface area contributed by atoms with Crippen LogP contribution in [0.2, 0.25) is 0 Å². The van der Waals surface area contributed by atoms with E-state index in [-0.39, 0.29) is 11.3 Å². The maximum atomic E-state index is 12.5. The first-order chi connectivity index (χ1) is 11.6. The molecule has 0 saturated heterocycles. The van der Waals surface area contributed by atoms with Crippen LogP contribution in [0, 0.1) is 0 Å². The van der Waals surface area contributed by atoms with Gasteiger partial charge in [0, 0.05) is 11.1 Å². The smallest absolute Gasteiger partial charge is 0.335 e. The van der Waals surface area contributed by atoms with Gasteiger partial charge in [-0.05, 0) is 30.5 Å². The molecular weight excluding hydrogens is 300 g/mol. The fourth-order valence-corrected chi connectivity index (χ4v) is 2.72. The lowest BCUT2D eigenvalue weighted by Crippen LogP contribution is -2.04. The van der Waals surface area contributed by atoms with Crippen LogP contribution in [0.5, 0.6) is 0 Å². The van der Waals surface area contributed by atoms with Crippen LogP contribution in [0.15, 0.2) is 48.5 Å². The van der Waals surface area contributed by atoms with E-state index in [0.717, 1.165) is 6.42 Å². The minimum absolute atomic E-state index is 0.129. The quantitative estimate of drug-likeness (QED) is 0.514. The summed E-state index contributed by atoms with van der Waals surface area (Å²) in [5, 5.41) is 9.02. The van der Waals surface area contributed by atoms with E-state index in [1.165, 1.54) is 49.8 Å². The van der Waals surface area contributed by atoms with Gasteiger partial charge in [-0.2, -0.15) is 0 Å². The molecule has 2 aromatic carbocycles. The Kier molecular flexibility index (Phi) is 6.74. The van der Waals surface area contributed by atoms with Crippen LogP contribution < -0.4 is 0 Å². The number of aromatic carboxylic acids is 1. The highest BCUT2D eigenvalue weighted by atomic mass is 16.4. The molecule has 0 aliphatic heterocycles. The molecule has 2 rings (SSSR count). The van der Waals surface area contributed by atoms with Crippen LogP contribution in [0.4, 0.5) is 0 Å². The Morgan fingerprint density at radius 1 is 0.833 bits per heavy atom. The van der Waals surface area contributed by atoms with Crippen molar-refractivity contribution < 1.29 is 14.7 Å². The molecule has 0 radical (unpaired) electrons. The van der Waals surface area contributed by atoms with Crippen molar-refractivity contribution in [3.05, 3.63) is 70.8 Å². The largest absolute Gasteiger partial charge is 0.478 e. The van der Waals surface area contributed by atoms with Crippen molar-refractivity contribution in [1.29, 1.82) is 0 Å². The van der Waals surface area contributed by atoms with Gasteiger partial charge in [0.15, 0.2) is 5.78 Å². The third kappa shape index (κ3) is 5.05. The van der Waals surface area contributed by atoms with Gasteiger partial charge >= 0.3 is 5.97 Å². The number of carboxylic acids is 1. The Morgan fingerprint density at radius 3 is 2.17 bits per heavy atom. The Morgan fingerprint density at radius 2 is 1.50 bits per heavy atom. The zero-order valence-corrected chi connectivity index (χ0v) is 14.1. The van der Waals surface area contributed by atoms with Crippen molar-refractivity contribution in [3.63, 3.8) is 0 Å². The molecule has 0 amide bonds. The van der Waals surface area contributed by atoms with Crippen molar-refractivity contribution in [1.82, 2.24) is 0 Å². The van der Waals surface area contributed by atoms with E-state index in [0.29, 0.717) is 11.1 Å². The molecule has 1 N–H and O–H groups in total. The SMILES string of the molecule is CCCCCCCc1ccc(C(=O)c2cccc(C(=O)O)c2)cc1. The van der Waals surface area contributed by atoms with Crippen LogP contribution in [0.1, 0.15) is 70.9 Å². The second kappa shape index (κ2) is 9.02. The predicted molar refractivity (Wildman–Crippen MR) is 95.7 cm³/mol. The highest BCUT2D eigenvalue weighted by Gasteiger charge is 2.11. The van der Waals surface area contributed by atoms with Crippen LogP contribution in [-0.4, -0.2) is 16.9 Å². The molecule has 0 aromatic heterocycles. The summed E-state index contributed by atoms with van der Waals surface area (Å²) in [6.07, 6.45) is 7.28. The molecular formula is C21H24O3. The van der Waals surface area contributed by atoms with Gasteiger partial charge in [-0.1, -0.05) is 69.0 Å². The number of carboxylic acid groups (broad SMARTS) is 1. The van der Waals surface area contributed by atoms with Crippen molar-refractivity contribution >= 4 is 11.8 Å². The van der Waals surface area contributed by atoms with Gasteiger partial charge < -0.3 is 5.11 Å². The third-order valence-electron chi connectivity index (χ3n) is 4.16. The second-order valence-electron chi connectivity index (χ2n) is 6.08. The average Bonchev–Trinajstić information content (AvgIpc) is 2.61. The first-order valence-electron chi connectivity index (χ1n) is 8.59. The summed E-state index contributed by atoms with van der Waals surface area (Å²) in [5.41, 5.74) is 2.36. The molecule has 0 aliphatic rings. The van der Waals surface area contributed by atoms with E-state index in [2.05, 4.69) is 6.92 Å². The van der Waals surface area contributed by atoms with Crippen molar-refractivity contribution in [2.45, 2.75) is 45.4 Å². The lowest BCUT2D eigenvalue weighted by atomic mass is 9.99. The van der Waals surface area contributed by atoms with Crippen LogP contribution in [0.25, 0.3) is 0 Å². The zero-order chi connectivity index (χ0) is 17.4. The number of carbonyl (C=O) groups is 2. The monoisotopic (exact) mass is 324 g/mol. The fourth-order valence-electron chi connectivity index (χ4n) is 2.72. The van der Waals surface area contributed by atoms with Gasteiger partial charge in [-0.3, -0.25) is 4.79 Å². The summed E-state index contributed by atoms with van der Waals surface area (Å²) >= 11 is 0. The second-order valence-corrected chi connectivity index (χ2v) is 6.08. The first kappa shape index (κ1) is 17.9. The zero-order valence-electron chi connectivity index (χ0n) is 14.1. The van der Waals surface area contributed by atoms with E-state index in [1.54, 1.807) is 12.1 Å². The minimum Gasteiger partial charge on any atom is -0.478 e. The van der Waals surface area contributed by atoms with Crippen molar-refractivity contribution in [2.75, 3.05) is 0 Å². The summed E-state index contributed by atoms with van der Waals surface area (Å²) in [7, 11) is 0.